The van der Waals surface area contributed by atoms with Crippen molar-refractivity contribution in [3.63, 3.8) is 0 Å². The van der Waals surface area contributed by atoms with Gasteiger partial charge in [0.05, 0.1) is 16.8 Å². The number of anilines is 1. The van der Waals surface area contributed by atoms with Gasteiger partial charge in [0.15, 0.2) is 5.65 Å². The normalized spacial score (nSPS) is 26.8. The third-order valence-corrected chi connectivity index (χ3v) is 6.01. The fourth-order valence-electron chi connectivity index (χ4n) is 4.09. The smallest absolute Gasteiger partial charge is 0.165 e. The SMILES string of the molecule is C=C(C)c1cnn2c(N)c(SC)c(C3CC4CCC(C3)N4)nc12. The molecule has 0 aliphatic carbocycles. The van der Waals surface area contributed by atoms with Crippen LogP contribution in [0.25, 0.3) is 11.2 Å². The number of nitrogens with two attached hydrogens (primary N) is 1. The van der Waals surface area contributed by atoms with Gasteiger partial charge in [-0.1, -0.05) is 6.58 Å². The maximum atomic E-state index is 6.43. The van der Waals surface area contributed by atoms with Crippen molar-refractivity contribution >= 4 is 28.8 Å². The van der Waals surface area contributed by atoms with E-state index in [9.17, 15) is 0 Å². The molecule has 0 aromatic carbocycles. The second kappa shape index (κ2) is 5.53. The maximum Gasteiger partial charge on any atom is 0.165 e. The molecule has 23 heavy (non-hydrogen) atoms. The number of rotatable bonds is 3. The molecule has 2 aliphatic heterocycles. The van der Waals surface area contributed by atoms with Crippen LogP contribution < -0.4 is 11.1 Å². The molecule has 2 aromatic rings. The van der Waals surface area contributed by atoms with Crippen LogP contribution in [-0.2, 0) is 0 Å². The molecule has 0 spiro atoms. The highest BCUT2D eigenvalue weighted by atomic mass is 32.2. The molecule has 3 N–H and O–H groups in total. The lowest BCUT2D eigenvalue weighted by atomic mass is 9.89. The second-order valence-electron chi connectivity index (χ2n) is 6.80. The minimum atomic E-state index is 0.483. The molecule has 5 nitrogen and oxygen atoms in total. The average Bonchev–Trinajstić information content (AvgIpc) is 3.10. The Hall–Kier alpha value is -1.53. The van der Waals surface area contributed by atoms with Crippen LogP contribution in [0.3, 0.4) is 0 Å². The number of fused-ring (bicyclic) bond motifs is 3. The van der Waals surface area contributed by atoms with Gasteiger partial charge in [0, 0.05) is 23.6 Å². The van der Waals surface area contributed by atoms with E-state index in [1.165, 1.54) is 12.8 Å². The molecule has 2 fully saturated rings. The van der Waals surface area contributed by atoms with Crippen molar-refractivity contribution in [3.05, 3.63) is 24.0 Å². The van der Waals surface area contributed by atoms with Crippen molar-refractivity contribution in [2.75, 3.05) is 12.0 Å². The minimum Gasteiger partial charge on any atom is -0.383 e. The van der Waals surface area contributed by atoms with Gasteiger partial charge in [0.2, 0.25) is 0 Å². The summed E-state index contributed by atoms with van der Waals surface area (Å²) in [7, 11) is 0. The molecular formula is C17H23N5S. The summed E-state index contributed by atoms with van der Waals surface area (Å²) < 4.78 is 1.76. The van der Waals surface area contributed by atoms with Crippen molar-refractivity contribution in [1.29, 1.82) is 0 Å². The number of nitrogens with zero attached hydrogens (tertiary/aromatic N) is 3. The van der Waals surface area contributed by atoms with E-state index in [-0.39, 0.29) is 0 Å². The number of nitrogens with one attached hydrogen (secondary N) is 1. The fraction of sp³-hybridized carbons (Fsp3) is 0.529. The zero-order valence-electron chi connectivity index (χ0n) is 13.7. The highest BCUT2D eigenvalue weighted by Gasteiger charge is 2.36. The quantitative estimate of drug-likeness (QED) is 0.847. The Morgan fingerprint density at radius 2 is 2.09 bits per heavy atom. The Kier molecular flexibility index (Phi) is 3.61. The molecule has 2 unspecified atom stereocenters. The summed E-state index contributed by atoms with van der Waals surface area (Å²) in [5.41, 5.74) is 10.4. The standard InChI is InChI=1S/C17H23N5S/c1-9(2)13-8-19-22-16(18)15(23-3)14(21-17(13)22)10-6-11-4-5-12(7-10)20-11/h8,10-12,20H,1,4-7,18H2,2-3H3. The van der Waals surface area contributed by atoms with E-state index in [2.05, 4.69) is 23.3 Å². The first kappa shape index (κ1) is 15.0. The third kappa shape index (κ3) is 2.35. The first-order valence-corrected chi connectivity index (χ1v) is 9.44. The van der Waals surface area contributed by atoms with Gasteiger partial charge in [-0.2, -0.15) is 9.61 Å². The van der Waals surface area contributed by atoms with Crippen molar-refractivity contribution in [1.82, 2.24) is 19.9 Å². The van der Waals surface area contributed by atoms with Gasteiger partial charge >= 0.3 is 0 Å². The number of piperidine rings is 1. The second-order valence-corrected chi connectivity index (χ2v) is 7.61. The van der Waals surface area contributed by atoms with Gasteiger partial charge in [-0.25, -0.2) is 4.98 Å². The summed E-state index contributed by atoms with van der Waals surface area (Å²) in [6, 6.07) is 1.27. The molecule has 4 heterocycles. The van der Waals surface area contributed by atoms with E-state index in [0.29, 0.717) is 23.8 Å². The molecule has 0 amide bonds. The van der Waals surface area contributed by atoms with E-state index in [1.807, 2.05) is 13.1 Å². The first-order valence-electron chi connectivity index (χ1n) is 8.21. The zero-order chi connectivity index (χ0) is 16.1. The van der Waals surface area contributed by atoms with Crippen molar-refractivity contribution < 1.29 is 0 Å². The van der Waals surface area contributed by atoms with Crippen molar-refractivity contribution in [2.24, 2.45) is 0 Å². The number of hydrogen-bond acceptors (Lipinski definition) is 5. The summed E-state index contributed by atoms with van der Waals surface area (Å²) in [5, 5.41) is 8.13. The lowest BCUT2D eigenvalue weighted by molar-refractivity contribution is 0.356. The highest BCUT2D eigenvalue weighted by molar-refractivity contribution is 7.98. The Labute approximate surface area is 140 Å². The number of thioether (sulfide) groups is 1. The Bertz CT molecular complexity index is 769. The summed E-state index contributed by atoms with van der Waals surface area (Å²) >= 11 is 1.68. The van der Waals surface area contributed by atoms with Crippen LogP contribution in [0.5, 0.6) is 0 Å². The zero-order valence-corrected chi connectivity index (χ0v) is 14.5. The number of aromatic nitrogens is 3. The van der Waals surface area contributed by atoms with E-state index < -0.39 is 0 Å². The Morgan fingerprint density at radius 3 is 2.70 bits per heavy atom. The molecule has 2 aromatic heterocycles. The summed E-state index contributed by atoms with van der Waals surface area (Å²) in [6.07, 6.45) is 8.78. The van der Waals surface area contributed by atoms with Gasteiger partial charge in [-0.05, 0) is 44.4 Å². The molecule has 2 aliphatic rings. The van der Waals surface area contributed by atoms with Crippen LogP contribution in [0.15, 0.2) is 17.7 Å². The number of hydrogen-bond donors (Lipinski definition) is 2. The van der Waals surface area contributed by atoms with Crippen LogP contribution in [0, 0.1) is 0 Å². The maximum absolute atomic E-state index is 6.43. The van der Waals surface area contributed by atoms with Gasteiger partial charge in [0.25, 0.3) is 0 Å². The van der Waals surface area contributed by atoms with E-state index in [4.69, 9.17) is 10.7 Å². The largest absolute Gasteiger partial charge is 0.383 e. The van der Waals surface area contributed by atoms with E-state index in [0.717, 1.165) is 40.2 Å². The lowest BCUT2D eigenvalue weighted by Crippen LogP contribution is -2.37. The lowest BCUT2D eigenvalue weighted by Gasteiger charge is -2.30. The number of nitrogen functional groups attached to an aromatic ring is 1. The van der Waals surface area contributed by atoms with Crippen LogP contribution in [0.4, 0.5) is 5.82 Å². The molecular weight excluding hydrogens is 306 g/mol. The highest BCUT2D eigenvalue weighted by Crippen LogP contribution is 2.41. The first-order chi connectivity index (χ1) is 11.1. The van der Waals surface area contributed by atoms with Gasteiger partial charge < -0.3 is 11.1 Å². The average molecular weight is 329 g/mol. The number of allylic oxidation sites excluding steroid dienone is 1. The Morgan fingerprint density at radius 1 is 1.39 bits per heavy atom. The third-order valence-electron chi connectivity index (χ3n) is 5.19. The predicted molar refractivity (Wildman–Crippen MR) is 95.8 cm³/mol. The fourth-order valence-corrected chi connectivity index (χ4v) is 4.80. The molecule has 2 saturated heterocycles. The molecule has 4 rings (SSSR count). The van der Waals surface area contributed by atoms with E-state index in [1.54, 1.807) is 16.3 Å². The van der Waals surface area contributed by atoms with Crippen LogP contribution in [0.1, 0.15) is 49.8 Å². The predicted octanol–water partition coefficient (Wildman–Crippen LogP) is 3.06. The topological polar surface area (TPSA) is 68.2 Å². The van der Waals surface area contributed by atoms with Crippen LogP contribution >= 0.6 is 11.8 Å². The van der Waals surface area contributed by atoms with Gasteiger partial charge in [-0.15, -0.1) is 11.8 Å². The van der Waals surface area contributed by atoms with Crippen molar-refractivity contribution in [2.45, 2.75) is 55.5 Å². The Balaban J connectivity index is 1.87. The molecule has 2 atom stereocenters. The van der Waals surface area contributed by atoms with Gasteiger partial charge in [-0.3, -0.25) is 0 Å². The summed E-state index contributed by atoms with van der Waals surface area (Å²) in [5.74, 6) is 1.19. The van der Waals surface area contributed by atoms with Crippen molar-refractivity contribution in [3.8, 4) is 0 Å². The summed E-state index contributed by atoms with van der Waals surface area (Å²) in [4.78, 5) is 6.10. The monoisotopic (exact) mass is 329 g/mol. The van der Waals surface area contributed by atoms with E-state index >= 15 is 0 Å². The van der Waals surface area contributed by atoms with Gasteiger partial charge in [0.1, 0.15) is 5.82 Å². The minimum absolute atomic E-state index is 0.483. The molecule has 2 bridgehead atoms. The molecule has 0 radical (unpaired) electrons. The van der Waals surface area contributed by atoms with Crippen LogP contribution in [0.2, 0.25) is 0 Å². The molecule has 6 heteroatoms. The molecule has 0 saturated carbocycles. The van der Waals surface area contributed by atoms with Crippen LogP contribution in [-0.4, -0.2) is 32.9 Å². The molecule has 122 valence electrons. The summed E-state index contributed by atoms with van der Waals surface area (Å²) in [6.45, 7) is 6.03.